The summed E-state index contributed by atoms with van der Waals surface area (Å²) < 4.78 is 7.59. The minimum absolute atomic E-state index is 0.0938. The van der Waals surface area contributed by atoms with E-state index in [-0.39, 0.29) is 17.8 Å². The van der Waals surface area contributed by atoms with Crippen molar-refractivity contribution in [2.75, 3.05) is 32.8 Å². The number of nitrogens with two attached hydrogens (primary N) is 2. The molecule has 1 aliphatic carbocycles. The molecule has 0 amide bonds. The van der Waals surface area contributed by atoms with Gasteiger partial charge in [-0.2, -0.15) is 4.98 Å². The van der Waals surface area contributed by atoms with Gasteiger partial charge in [0.1, 0.15) is 0 Å². The molecule has 1 aliphatic heterocycles. The summed E-state index contributed by atoms with van der Waals surface area (Å²) in [7, 11) is 0. The Morgan fingerprint density at radius 2 is 2.12 bits per heavy atom. The molecule has 0 saturated carbocycles. The Hall–Kier alpha value is -3.01. The third-order valence-electron chi connectivity index (χ3n) is 5.95. The molecule has 33 heavy (non-hydrogen) atoms. The minimum Gasteiger partial charge on any atom is -0.371 e. The third-order valence-corrected chi connectivity index (χ3v) is 5.95. The molecule has 0 bridgehead atoms. The quantitative estimate of drug-likeness (QED) is 0.264. The molecule has 1 saturated heterocycles. The summed E-state index contributed by atoms with van der Waals surface area (Å²) in [6.07, 6.45) is 7.79. The number of benzene rings is 1. The average Bonchev–Trinajstić information content (AvgIpc) is 3.03. The average molecular weight is 452 g/mol. The van der Waals surface area contributed by atoms with Crippen LogP contribution in [0.15, 0.2) is 45.8 Å². The number of hydrogen-bond donors (Lipinski definition) is 4. The zero-order valence-electron chi connectivity index (χ0n) is 18.9. The Bertz CT molecular complexity index is 1050. The molecule has 176 valence electrons. The summed E-state index contributed by atoms with van der Waals surface area (Å²) in [6.45, 7) is 4.62. The fourth-order valence-electron chi connectivity index (χ4n) is 4.22. The molecule has 0 spiro atoms. The van der Waals surface area contributed by atoms with Crippen LogP contribution in [0.1, 0.15) is 36.1 Å². The van der Waals surface area contributed by atoms with Crippen molar-refractivity contribution in [2.24, 2.45) is 16.5 Å². The van der Waals surface area contributed by atoms with E-state index in [4.69, 9.17) is 16.2 Å². The molecular weight excluding hydrogens is 418 g/mol. The maximum absolute atomic E-state index is 12.7. The van der Waals surface area contributed by atoms with E-state index in [1.165, 1.54) is 5.57 Å². The van der Waals surface area contributed by atoms with Gasteiger partial charge in [0.15, 0.2) is 5.96 Å². The highest BCUT2D eigenvalue weighted by Crippen LogP contribution is 2.25. The van der Waals surface area contributed by atoms with Crippen LogP contribution in [-0.2, 0) is 17.7 Å². The fourth-order valence-corrected chi connectivity index (χ4v) is 4.22. The summed E-state index contributed by atoms with van der Waals surface area (Å²) in [6, 6.07) is 7.97. The van der Waals surface area contributed by atoms with Crippen LogP contribution in [-0.4, -0.2) is 54.4 Å². The molecule has 6 N–H and O–H groups in total. The molecule has 1 fully saturated rings. The predicted molar refractivity (Wildman–Crippen MR) is 130 cm³/mol. The van der Waals surface area contributed by atoms with E-state index in [1.807, 2.05) is 30.5 Å². The van der Waals surface area contributed by atoms with Gasteiger partial charge < -0.3 is 26.8 Å². The number of hydrogen-bond acceptors (Lipinski definition) is 6. The van der Waals surface area contributed by atoms with E-state index < -0.39 is 0 Å². The molecule has 1 unspecified atom stereocenters. The number of nitrogens with zero attached hydrogens (tertiary/aromatic N) is 3. The molecule has 9 nitrogen and oxygen atoms in total. The first-order chi connectivity index (χ1) is 16.1. The number of aryl methyl sites for hydroxylation is 1. The normalized spacial score (nSPS) is 18.2. The van der Waals surface area contributed by atoms with Gasteiger partial charge in [-0.05, 0) is 61.6 Å². The second kappa shape index (κ2) is 11.2. The van der Waals surface area contributed by atoms with Crippen molar-refractivity contribution < 1.29 is 4.74 Å². The van der Waals surface area contributed by atoms with Gasteiger partial charge >= 0.3 is 5.69 Å². The van der Waals surface area contributed by atoms with Crippen LogP contribution >= 0.6 is 0 Å². The number of aliphatic imine (C=N–C) groups is 1. The number of nitrogens with one attached hydrogen (secondary N) is 2. The van der Waals surface area contributed by atoms with Crippen molar-refractivity contribution >= 4 is 12.0 Å². The number of fused-ring (bicyclic) bond motifs is 1. The van der Waals surface area contributed by atoms with Crippen LogP contribution in [0.5, 0.6) is 0 Å². The molecule has 2 heterocycles. The largest absolute Gasteiger partial charge is 0.371 e. The van der Waals surface area contributed by atoms with E-state index in [1.54, 1.807) is 4.57 Å². The topological polar surface area (TPSA) is 133 Å². The van der Waals surface area contributed by atoms with Gasteiger partial charge in [-0.1, -0.05) is 12.1 Å². The number of aromatic nitrogens is 2. The molecule has 1 aromatic heterocycles. The standard InChI is InChI=1S/C24H33N7O2/c25-23(26)29-10-2-9-27-14-17-5-7-20(8-6-17)31-16-19-13-18(22-15-28-11-12-33-22)3-1-4-21(19)30-24(31)32/h5-8,13,16,22,27-28H,1-4,9-12,14-15H2,(H4,25,26,29). The number of ether oxygens (including phenoxy) is 1. The van der Waals surface area contributed by atoms with Crippen LogP contribution in [0.4, 0.5) is 0 Å². The Morgan fingerprint density at radius 3 is 2.88 bits per heavy atom. The first-order valence-electron chi connectivity index (χ1n) is 11.6. The molecule has 1 atom stereocenters. The fraction of sp³-hybridized carbons (Fsp3) is 0.458. The lowest BCUT2D eigenvalue weighted by Gasteiger charge is -2.25. The predicted octanol–water partition coefficient (Wildman–Crippen LogP) is 0.694. The van der Waals surface area contributed by atoms with Crippen molar-refractivity contribution in [1.82, 2.24) is 20.2 Å². The molecule has 2 aliphatic rings. The molecule has 4 rings (SSSR count). The first kappa shape index (κ1) is 23.2. The lowest BCUT2D eigenvalue weighted by atomic mass is 10.0. The maximum atomic E-state index is 12.7. The summed E-state index contributed by atoms with van der Waals surface area (Å²) in [5.74, 6) is 0.124. The van der Waals surface area contributed by atoms with Crippen LogP contribution in [0.3, 0.4) is 0 Å². The first-order valence-corrected chi connectivity index (χ1v) is 11.6. The Morgan fingerprint density at radius 1 is 1.27 bits per heavy atom. The summed E-state index contributed by atoms with van der Waals surface area (Å²) in [4.78, 5) is 21.1. The highest BCUT2D eigenvalue weighted by molar-refractivity contribution is 5.75. The smallest absolute Gasteiger partial charge is 0.352 e. The second-order valence-electron chi connectivity index (χ2n) is 8.44. The van der Waals surface area contributed by atoms with Gasteiger partial charge in [0.2, 0.25) is 0 Å². The number of morpholine rings is 1. The Labute approximate surface area is 193 Å². The summed E-state index contributed by atoms with van der Waals surface area (Å²) in [5, 5.41) is 6.77. The second-order valence-corrected chi connectivity index (χ2v) is 8.44. The van der Waals surface area contributed by atoms with Crippen molar-refractivity contribution in [3.63, 3.8) is 0 Å². The van der Waals surface area contributed by atoms with Crippen molar-refractivity contribution in [3.05, 3.63) is 63.3 Å². The van der Waals surface area contributed by atoms with Gasteiger partial charge in [-0.3, -0.25) is 9.56 Å². The number of guanidine groups is 1. The van der Waals surface area contributed by atoms with Gasteiger partial charge in [-0.15, -0.1) is 0 Å². The Kier molecular flexibility index (Phi) is 7.87. The van der Waals surface area contributed by atoms with E-state index in [0.717, 1.165) is 81.0 Å². The van der Waals surface area contributed by atoms with Crippen LogP contribution in [0.25, 0.3) is 11.8 Å². The van der Waals surface area contributed by atoms with Gasteiger partial charge in [-0.25, -0.2) is 4.79 Å². The van der Waals surface area contributed by atoms with Gasteiger partial charge in [0.05, 0.1) is 24.1 Å². The minimum atomic E-state index is -0.244. The number of rotatable bonds is 8. The van der Waals surface area contributed by atoms with Crippen LogP contribution < -0.4 is 27.8 Å². The highest BCUT2D eigenvalue weighted by atomic mass is 16.5. The highest BCUT2D eigenvalue weighted by Gasteiger charge is 2.21. The Balaban J connectivity index is 1.45. The summed E-state index contributed by atoms with van der Waals surface area (Å²) >= 11 is 0. The van der Waals surface area contributed by atoms with E-state index in [9.17, 15) is 4.79 Å². The molecule has 2 aromatic rings. The van der Waals surface area contributed by atoms with E-state index in [2.05, 4.69) is 26.7 Å². The zero-order valence-corrected chi connectivity index (χ0v) is 18.9. The van der Waals surface area contributed by atoms with Crippen LogP contribution in [0.2, 0.25) is 0 Å². The maximum Gasteiger partial charge on any atom is 0.352 e. The zero-order chi connectivity index (χ0) is 23.0. The van der Waals surface area contributed by atoms with E-state index in [0.29, 0.717) is 6.54 Å². The van der Waals surface area contributed by atoms with Gasteiger partial charge in [0.25, 0.3) is 0 Å². The van der Waals surface area contributed by atoms with E-state index >= 15 is 0 Å². The van der Waals surface area contributed by atoms with Gasteiger partial charge in [0, 0.05) is 37.9 Å². The van der Waals surface area contributed by atoms with Crippen molar-refractivity contribution in [2.45, 2.75) is 38.3 Å². The lowest BCUT2D eigenvalue weighted by Crippen LogP contribution is -2.39. The van der Waals surface area contributed by atoms with Crippen molar-refractivity contribution in [3.8, 4) is 5.69 Å². The van der Waals surface area contributed by atoms with Crippen LogP contribution in [0, 0.1) is 0 Å². The summed E-state index contributed by atoms with van der Waals surface area (Å²) in [5.41, 5.74) is 15.5. The SMILES string of the molecule is NC(N)=NCCCNCc1ccc(-n2cc3c(nc2=O)CCCC(C2CNCCO2)=C3)cc1. The van der Waals surface area contributed by atoms with Crippen molar-refractivity contribution in [1.29, 1.82) is 0 Å². The molecular formula is C24H33N7O2. The monoisotopic (exact) mass is 451 g/mol. The third kappa shape index (κ3) is 6.28. The molecule has 9 heteroatoms. The molecule has 0 radical (unpaired) electrons. The lowest BCUT2D eigenvalue weighted by molar-refractivity contribution is 0.0504. The molecule has 1 aromatic carbocycles.